The van der Waals surface area contributed by atoms with Crippen LogP contribution in [0.5, 0.6) is 0 Å². The third-order valence-electron chi connectivity index (χ3n) is 3.45. The Balaban J connectivity index is 1.70. The topological polar surface area (TPSA) is 69.6 Å². The quantitative estimate of drug-likeness (QED) is 0.821. The van der Waals surface area contributed by atoms with Gasteiger partial charge in [0, 0.05) is 25.2 Å². The summed E-state index contributed by atoms with van der Waals surface area (Å²) in [6.07, 6.45) is 3.21. The molecular weight excluding hydrogens is 268 g/mol. The Morgan fingerprint density at radius 1 is 1.24 bits per heavy atom. The Morgan fingerprint density at radius 2 is 2.00 bits per heavy atom. The van der Waals surface area contributed by atoms with E-state index in [1.54, 1.807) is 6.08 Å². The molecule has 5 heteroatoms. The molecule has 0 aliphatic carbocycles. The Labute approximate surface area is 124 Å². The summed E-state index contributed by atoms with van der Waals surface area (Å²) in [7, 11) is 0. The number of carboxylic acid groups (broad SMARTS) is 1. The smallest absolute Gasteiger partial charge is 0.332 e. The van der Waals surface area contributed by atoms with E-state index in [1.165, 1.54) is 5.56 Å². The van der Waals surface area contributed by atoms with Crippen LogP contribution in [0, 0.1) is 0 Å². The Bertz CT molecular complexity index is 526. The van der Waals surface area contributed by atoms with E-state index in [9.17, 15) is 9.59 Å². The molecule has 0 fully saturated rings. The van der Waals surface area contributed by atoms with Crippen LogP contribution in [0.15, 0.2) is 42.0 Å². The first-order chi connectivity index (χ1) is 10.1. The molecule has 5 nitrogen and oxygen atoms in total. The summed E-state index contributed by atoms with van der Waals surface area (Å²) in [4.78, 5) is 24.6. The van der Waals surface area contributed by atoms with Gasteiger partial charge in [0.25, 0.3) is 0 Å². The minimum atomic E-state index is -0.899. The number of hydrogen-bond donors (Lipinski definition) is 2. The summed E-state index contributed by atoms with van der Waals surface area (Å²) in [6.45, 7) is 1.90. The van der Waals surface area contributed by atoms with Gasteiger partial charge in [-0.2, -0.15) is 0 Å². The highest BCUT2D eigenvalue weighted by Crippen LogP contribution is 2.09. The van der Waals surface area contributed by atoms with Gasteiger partial charge in [0.15, 0.2) is 0 Å². The third kappa shape index (κ3) is 5.04. The molecule has 21 heavy (non-hydrogen) atoms. The number of aliphatic carboxylic acids is 1. The van der Waals surface area contributed by atoms with Gasteiger partial charge in [0.1, 0.15) is 0 Å². The minimum absolute atomic E-state index is 0.0578. The summed E-state index contributed by atoms with van der Waals surface area (Å²) >= 11 is 0. The lowest BCUT2D eigenvalue weighted by Gasteiger charge is -2.24. The summed E-state index contributed by atoms with van der Waals surface area (Å²) < 4.78 is 0. The van der Waals surface area contributed by atoms with Crippen molar-refractivity contribution in [2.75, 3.05) is 26.2 Å². The van der Waals surface area contributed by atoms with Crippen LogP contribution in [0.1, 0.15) is 12.0 Å². The summed E-state index contributed by atoms with van der Waals surface area (Å²) in [5.41, 5.74) is 1.56. The zero-order valence-corrected chi connectivity index (χ0v) is 11.9. The highest BCUT2D eigenvalue weighted by Gasteiger charge is 2.19. The van der Waals surface area contributed by atoms with Crippen LogP contribution in [-0.2, 0) is 16.0 Å². The van der Waals surface area contributed by atoms with Gasteiger partial charge in [-0.05, 0) is 18.4 Å². The number of benzene rings is 1. The molecule has 1 aliphatic rings. The van der Waals surface area contributed by atoms with E-state index < -0.39 is 5.97 Å². The van der Waals surface area contributed by atoms with Crippen LogP contribution in [-0.4, -0.2) is 48.1 Å². The zero-order valence-electron chi connectivity index (χ0n) is 11.9. The second kappa shape index (κ2) is 7.59. The van der Waals surface area contributed by atoms with Crippen LogP contribution in [0.3, 0.4) is 0 Å². The fourth-order valence-electron chi connectivity index (χ4n) is 2.35. The van der Waals surface area contributed by atoms with Crippen molar-refractivity contribution in [1.82, 2.24) is 10.2 Å². The van der Waals surface area contributed by atoms with Gasteiger partial charge < -0.3 is 10.4 Å². The van der Waals surface area contributed by atoms with Crippen molar-refractivity contribution in [1.29, 1.82) is 0 Å². The van der Waals surface area contributed by atoms with Crippen molar-refractivity contribution in [3.63, 3.8) is 0 Å². The lowest BCUT2D eigenvalue weighted by Crippen LogP contribution is -2.41. The number of hydrogen-bond acceptors (Lipinski definition) is 3. The van der Waals surface area contributed by atoms with Crippen molar-refractivity contribution in [2.24, 2.45) is 0 Å². The van der Waals surface area contributed by atoms with E-state index in [0.717, 1.165) is 13.0 Å². The maximum Gasteiger partial charge on any atom is 0.332 e. The van der Waals surface area contributed by atoms with Crippen molar-refractivity contribution < 1.29 is 14.7 Å². The molecular formula is C16H20N2O3. The molecule has 0 radical (unpaired) electrons. The van der Waals surface area contributed by atoms with E-state index in [4.69, 9.17) is 5.11 Å². The summed E-state index contributed by atoms with van der Waals surface area (Å²) in [5, 5.41) is 11.8. The van der Waals surface area contributed by atoms with Crippen LogP contribution < -0.4 is 5.32 Å². The largest absolute Gasteiger partial charge is 0.478 e. The first-order valence-corrected chi connectivity index (χ1v) is 7.10. The molecule has 0 saturated heterocycles. The Kier molecular flexibility index (Phi) is 5.51. The summed E-state index contributed by atoms with van der Waals surface area (Å²) in [6, 6.07) is 9.97. The monoisotopic (exact) mass is 288 g/mol. The molecule has 112 valence electrons. The number of nitrogens with one attached hydrogen (secondary N) is 1. The van der Waals surface area contributed by atoms with E-state index >= 15 is 0 Å². The van der Waals surface area contributed by atoms with Crippen molar-refractivity contribution in [3.05, 3.63) is 47.5 Å². The number of carbonyl (C=O) groups is 2. The van der Waals surface area contributed by atoms with Gasteiger partial charge in [-0.3, -0.25) is 9.69 Å². The molecule has 1 aromatic rings. The predicted octanol–water partition coefficient (Wildman–Crippen LogP) is 1.06. The molecule has 1 heterocycles. The molecule has 0 saturated carbocycles. The second-order valence-corrected chi connectivity index (χ2v) is 5.12. The first-order valence-electron chi connectivity index (χ1n) is 7.10. The van der Waals surface area contributed by atoms with Crippen LogP contribution in [0.2, 0.25) is 0 Å². The van der Waals surface area contributed by atoms with Crippen LogP contribution in [0.4, 0.5) is 0 Å². The molecule has 0 unspecified atom stereocenters. The van der Waals surface area contributed by atoms with Gasteiger partial charge in [0.2, 0.25) is 5.91 Å². The molecule has 0 bridgehead atoms. The maximum atomic E-state index is 11.9. The molecule has 2 N–H and O–H groups in total. The average molecular weight is 288 g/mol. The maximum absolute atomic E-state index is 11.9. The van der Waals surface area contributed by atoms with Crippen LogP contribution in [0.25, 0.3) is 0 Å². The lowest BCUT2D eigenvalue weighted by atomic mass is 10.1. The van der Waals surface area contributed by atoms with Crippen LogP contribution >= 0.6 is 0 Å². The highest BCUT2D eigenvalue weighted by atomic mass is 16.4. The second-order valence-electron chi connectivity index (χ2n) is 5.12. The molecule has 1 aliphatic heterocycles. The third-order valence-corrected chi connectivity index (χ3v) is 3.45. The van der Waals surface area contributed by atoms with Gasteiger partial charge >= 0.3 is 5.97 Å². The summed E-state index contributed by atoms with van der Waals surface area (Å²) in [5.74, 6) is -0.957. The van der Waals surface area contributed by atoms with E-state index in [2.05, 4.69) is 5.32 Å². The van der Waals surface area contributed by atoms with Crippen molar-refractivity contribution in [2.45, 2.75) is 12.8 Å². The standard InChI is InChI=1S/C16H20N2O3/c19-15(17-9-8-13-5-2-1-3-6-13)12-18-10-4-7-14(11-18)16(20)21/h1-3,5-7H,4,8-12H2,(H,17,19)(H,20,21). The molecule has 2 rings (SSSR count). The fraction of sp³-hybridized carbons (Fsp3) is 0.375. The fourth-order valence-corrected chi connectivity index (χ4v) is 2.35. The molecule has 0 spiro atoms. The molecule has 1 amide bonds. The SMILES string of the molecule is O=C(CN1CCC=C(C(=O)O)C1)NCCc1ccccc1. The van der Waals surface area contributed by atoms with E-state index in [1.807, 2.05) is 35.2 Å². The average Bonchev–Trinajstić information content (AvgIpc) is 2.48. The number of carboxylic acids is 1. The van der Waals surface area contributed by atoms with Gasteiger partial charge in [-0.25, -0.2) is 4.79 Å². The van der Waals surface area contributed by atoms with Crippen molar-refractivity contribution >= 4 is 11.9 Å². The van der Waals surface area contributed by atoms with Crippen molar-refractivity contribution in [3.8, 4) is 0 Å². The lowest BCUT2D eigenvalue weighted by molar-refractivity contribution is -0.133. The molecule has 0 atom stereocenters. The molecule has 1 aromatic carbocycles. The van der Waals surface area contributed by atoms with Gasteiger partial charge in [-0.1, -0.05) is 36.4 Å². The van der Waals surface area contributed by atoms with E-state index in [-0.39, 0.29) is 12.5 Å². The Hall–Kier alpha value is -2.14. The predicted molar refractivity (Wildman–Crippen MR) is 79.9 cm³/mol. The highest BCUT2D eigenvalue weighted by molar-refractivity contribution is 5.87. The van der Waals surface area contributed by atoms with Gasteiger partial charge in [-0.15, -0.1) is 0 Å². The number of amides is 1. The first kappa shape index (κ1) is 15.3. The number of nitrogens with zero attached hydrogens (tertiary/aromatic N) is 1. The zero-order chi connectivity index (χ0) is 15.1. The van der Waals surface area contributed by atoms with Gasteiger partial charge in [0.05, 0.1) is 6.54 Å². The number of carbonyl (C=O) groups excluding carboxylic acids is 1. The number of rotatable bonds is 6. The van der Waals surface area contributed by atoms with E-state index in [0.29, 0.717) is 25.1 Å². The Morgan fingerprint density at radius 3 is 2.71 bits per heavy atom. The normalized spacial score (nSPS) is 15.3. The minimum Gasteiger partial charge on any atom is -0.478 e. The molecule has 0 aromatic heterocycles.